The van der Waals surface area contributed by atoms with E-state index in [1.54, 1.807) is 4.90 Å². The Hall–Kier alpha value is -1.84. The van der Waals surface area contributed by atoms with Gasteiger partial charge in [-0.25, -0.2) is 0 Å². The second-order valence-electron chi connectivity index (χ2n) is 5.93. The molecule has 0 radical (unpaired) electrons. The summed E-state index contributed by atoms with van der Waals surface area (Å²) in [6.07, 6.45) is 0.913. The third-order valence-electron chi connectivity index (χ3n) is 4.26. The normalized spacial score (nSPS) is 21.8. The van der Waals surface area contributed by atoms with E-state index in [0.717, 1.165) is 13.0 Å². The molecule has 0 saturated carbocycles. The minimum Gasteiger partial charge on any atom is -0.332 e. The third-order valence-corrected chi connectivity index (χ3v) is 4.26. The van der Waals surface area contributed by atoms with Gasteiger partial charge in [0.2, 0.25) is 11.8 Å². The number of piperazine rings is 1. The Morgan fingerprint density at radius 3 is 2.80 bits per heavy atom. The molecule has 2 amide bonds. The van der Waals surface area contributed by atoms with E-state index in [2.05, 4.69) is 12.1 Å². The lowest BCUT2D eigenvalue weighted by molar-refractivity contribution is -0.151. The molecule has 1 aromatic carbocycles. The lowest BCUT2D eigenvalue weighted by atomic mass is 9.90. The average Bonchev–Trinajstić information content (AvgIpc) is 2.46. The summed E-state index contributed by atoms with van der Waals surface area (Å²) in [5.41, 5.74) is 2.51. The molecular weight excluding hydrogens is 252 g/mol. The molecule has 4 nitrogen and oxygen atoms in total. The monoisotopic (exact) mass is 272 g/mol. The fraction of sp³-hybridized carbons (Fsp3) is 0.500. The minimum absolute atomic E-state index is 0.0314. The van der Waals surface area contributed by atoms with Gasteiger partial charge in [-0.15, -0.1) is 0 Å². The molecular formula is C16H20N2O2. The Morgan fingerprint density at radius 2 is 2.05 bits per heavy atom. The molecule has 1 unspecified atom stereocenters. The quantitative estimate of drug-likeness (QED) is 0.779. The fourth-order valence-electron chi connectivity index (χ4n) is 3.21. The number of carbonyl (C=O) groups is 2. The number of nitrogens with zero attached hydrogens (tertiary/aromatic N) is 2. The van der Waals surface area contributed by atoms with Crippen molar-refractivity contribution in [3.05, 3.63) is 35.4 Å². The summed E-state index contributed by atoms with van der Waals surface area (Å²) in [6, 6.07) is 8.29. The second-order valence-corrected chi connectivity index (χ2v) is 5.93. The van der Waals surface area contributed by atoms with Gasteiger partial charge in [0.1, 0.15) is 0 Å². The summed E-state index contributed by atoms with van der Waals surface area (Å²) in [6.45, 7) is 5.39. The van der Waals surface area contributed by atoms with Gasteiger partial charge >= 0.3 is 0 Å². The Morgan fingerprint density at radius 1 is 1.30 bits per heavy atom. The number of rotatable bonds is 1. The molecule has 0 bridgehead atoms. The van der Waals surface area contributed by atoms with Crippen LogP contribution < -0.4 is 0 Å². The van der Waals surface area contributed by atoms with Gasteiger partial charge in [-0.1, -0.05) is 38.1 Å². The topological polar surface area (TPSA) is 40.6 Å². The highest BCUT2D eigenvalue weighted by molar-refractivity contribution is 5.87. The van der Waals surface area contributed by atoms with E-state index >= 15 is 0 Å². The van der Waals surface area contributed by atoms with Gasteiger partial charge in [-0.2, -0.15) is 0 Å². The van der Waals surface area contributed by atoms with Crippen molar-refractivity contribution in [1.82, 2.24) is 9.80 Å². The first-order chi connectivity index (χ1) is 9.58. The molecule has 2 aliphatic heterocycles. The van der Waals surface area contributed by atoms with Gasteiger partial charge in [0.25, 0.3) is 0 Å². The highest BCUT2D eigenvalue weighted by Crippen LogP contribution is 2.33. The van der Waals surface area contributed by atoms with Crippen molar-refractivity contribution >= 4 is 11.8 Å². The van der Waals surface area contributed by atoms with Gasteiger partial charge < -0.3 is 9.80 Å². The number of benzene rings is 1. The number of hydrogen-bond acceptors (Lipinski definition) is 2. The minimum atomic E-state index is -0.0619. The molecule has 0 N–H and O–H groups in total. The van der Waals surface area contributed by atoms with E-state index in [1.807, 2.05) is 30.9 Å². The van der Waals surface area contributed by atoms with Crippen molar-refractivity contribution in [3.8, 4) is 0 Å². The van der Waals surface area contributed by atoms with E-state index in [4.69, 9.17) is 0 Å². The van der Waals surface area contributed by atoms with E-state index in [0.29, 0.717) is 6.54 Å². The first-order valence-corrected chi connectivity index (χ1v) is 7.24. The molecule has 0 aliphatic carbocycles. The van der Waals surface area contributed by atoms with Crippen LogP contribution in [0.15, 0.2) is 24.3 Å². The first-order valence-electron chi connectivity index (χ1n) is 7.24. The molecule has 106 valence electrons. The Labute approximate surface area is 119 Å². The Kier molecular flexibility index (Phi) is 3.24. The summed E-state index contributed by atoms with van der Waals surface area (Å²) in [5.74, 6) is 0.0824. The highest BCUT2D eigenvalue weighted by atomic mass is 16.2. The zero-order valence-corrected chi connectivity index (χ0v) is 12.0. The van der Waals surface area contributed by atoms with Crippen LogP contribution in [0, 0.1) is 5.92 Å². The third kappa shape index (κ3) is 2.09. The Bertz CT molecular complexity index is 553. The van der Waals surface area contributed by atoms with Crippen molar-refractivity contribution in [2.75, 3.05) is 19.6 Å². The van der Waals surface area contributed by atoms with Crippen LogP contribution in [0.5, 0.6) is 0 Å². The lowest BCUT2D eigenvalue weighted by Gasteiger charge is -2.45. The molecule has 1 fully saturated rings. The predicted molar refractivity (Wildman–Crippen MR) is 76.0 cm³/mol. The SMILES string of the molecule is CC(C)C(=O)N1CC(=O)N2CCc3ccccc3C2C1. The van der Waals surface area contributed by atoms with Crippen LogP contribution in [-0.4, -0.2) is 41.2 Å². The van der Waals surface area contributed by atoms with Gasteiger partial charge in [0.05, 0.1) is 12.6 Å². The highest BCUT2D eigenvalue weighted by Gasteiger charge is 2.38. The van der Waals surface area contributed by atoms with Crippen LogP contribution in [0.1, 0.15) is 31.0 Å². The molecule has 2 aliphatic rings. The van der Waals surface area contributed by atoms with Crippen LogP contribution in [0.3, 0.4) is 0 Å². The lowest BCUT2D eigenvalue weighted by Crippen LogP contribution is -2.56. The van der Waals surface area contributed by atoms with E-state index in [1.165, 1.54) is 11.1 Å². The van der Waals surface area contributed by atoms with Crippen molar-refractivity contribution in [2.24, 2.45) is 5.92 Å². The maximum atomic E-state index is 12.3. The molecule has 1 saturated heterocycles. The zero-order valence-electron chi connectivity index (χ0n) is 12.0. The smallest absolute Gasteiger partial charge is 0.242 e. The predicted octanol–water partition coefficient (Wildman–Crippen LogP) is 1.61. The van der Waals surface area contributed by atoms with E-state index < -0.39 is 0 Å². The molecule has 1 aromatic rings. The van der Waals surface area contributed by atoms with Crippen molar-refractivity contribution in [2.45, 2.75) is 26.3 Å². The summed E-state index contributed by atoms with van der Waals surface area (Å²) in [5, 5.41) is 0. The van der Waals surface area contributed by atoms with Gasteiger partial charge in [-0.3, -0.25) is 9.59 Å². The van der Waals surface area contributed by atoms with Crippen LogP contribution in [0.4, 0.5) is 0 Å². The van der Waals surface area contributed by atoms with Crippen LogP contribution >= 0.6 is 0 Å². The second kappa shape index (κ2) is 4.93. The van der Waals surface area contributed by atoms with Gasteiger partial charge in [-0.05, 0) is 17.5 Å². The molecule has 20 heavy (non-hydrogen) atoms. The molecule has 1 atom stereocenters. The summed E-state index contributed by atoms with van der Waals surface area (Å²) in [7, 11) is 0. The number of fused-ring (bicyclic) bond motifs is 3. The fourth-order valence-corrected chi connectivity index (χ4v) is 3.21. The molecule has 4 heteroatoms. The first kappa shape index (κ1) is 13.2. The van der Waals surface area contributed by atoms with Crippen molar-refractivity contribution < 1.29 is 9.59 Å². The van der Waals surface area contributed by atoms with E-state index in [-0.39, 0.29) is 30.3 Å². The van der Waals surface area contributed by atoms with E-state index in [9.17, 15) is 9.59 Å². The van der Waals surface area contributed by atoms with Crippen LogP contribution in [0.2, 0.25) is 0 Å². The largest absolute Gasteiger partial charge is 0.332 e. The number of amides is 2. The standard InChI is InChI=1S/C16H20N2O2/c1-11(2)16(20)17-9-14-13-6-4-3-5-12(13)7-8-18(14)15(19)10-17/h3-6,11,14H,7-10H2,1-2H3. The van der Waals surface area contributed by atoms with Gasteiger partial charge in [0.15, 0.2) is 0 Å². The number of carbonyl (C=O) groups excluding carboxylic acids is 2. The molecule has 0 spiro atoms. The van der Waals surface area contributed by atoms with Crippen molar-refractivity contribution in [3.63, 3.8) is 0 Å². The van der Waals surface area contributed by atoms with Crippen LogP contribution in [-0.2, 0) is 16.0 Å². The maximum absolute atomic E-state index is 12.3. The number of hydrogen-bond donors (Lipinski definition) is 0. The molecule has 2 heterocycles. The van der Waals surface area contributed by atoms with Crippen LogP contribution in [0.25, 0.3) is 0 Å². The van der Waals surface area contributed by atoms with Crippen molar-refractivity contribution in [1.29, 1.82) is 0 Å². The summed E-state index contributed by atoms with van der Waals surface area (Å²) < 4.78 is 0. The zero-order chi connectivity index (χ0) is 14.3. The molecule has 0 aromatic heterocycles. The average molecular weight is 272 g/mol. The summed E-state index contributed by atoms with van der Waals surface area (Å²) >= 11 is 0. The maximum Gasteiger partial charge on any atom is 0.242 e. The Balaban J connectivity index is 1.92. The van der Waals surface area contributed by atoms with Gasteiger partial charge in [0, 0.05) is 19.0 Å². The summed E-state index contributed by atoms with van der Waals surface area (Å²) in [4.78, 5) is 28.1. The molecule has 3 rings (SSSR count).